The van der Waals surface area contributed by atoms with Crippen molar-refractivity contribution in [3.05, 3.63) is 47.5 Å². The van der Waals surface area contributed by atoms with E-state index in [4.69, 9.17) is 0 Å². The van der Waals surface area contributed by atoms with Crippen LogP contribution < -0.4 is 10.6 Å². The Morgan fingerprint density at radius 3 is 2.65 bits per heavy atom. The Balaban J connectivity index is 2.08. The predicted molar refractivity (Wildman–Crippen MR) is 84.7 cm³/mol. The SMILES string of the molecule is CNC(=O)c1cccc(CNC(=O)C2(C(=O)O)CC=CCC2)c1. The van der Waals surface area contributed by atoms with E-state index < -0.39 is 17.3 Å². The molecule has 0 saturated carbocycles. The van der Waals surface area contributed by atoms with Crippen molar-refractivity contribution in [2.24, 2.45) is 5.41 Å². The van der Waals surface area contributed by atoms with Crippen molar-refractivity contribution in [2.75, 3.05) is 7.05 Å². The maximum absolute atomic E-state index is 12.4. The third-order valence-electron chi connectivity index (χ3n) is 4.08. The lowest BCUT2D eigenvalue weighted by atomic mass is 9.76. The van der Waals surface area contributed by atoms with Gasteiger partial charge in [0.15, 0.2) is 0 Å². The first-order chi connectivity index (χ1) is 11.0. The van der Waals surface area contributed by atoms with Gasteiger partial charge in [0.1, 0.15) is 5.41 Å². The summed E-state index contributed by atoms with van der Waals surface area (Å²) >= 11 is 0. The number of hydrogen-bond acceptors (Lipinski definition) is 3. The van der Waals surface area contributed by atoms with E-state index in [1.54, 1.807) is 37.4 Å². The van der Waals surface area contributed by atoms with Crippen LogP contribution in [0.25, 0.3) is 0 Å². The van der Waals surface area contributed by atoms with Gasteiger partial charge in [0, 0.05) is 19.2 Å². The molecule has 2 rings (SSSR count). The van der Waals surface area contributed by atoms with Crippen LogP contribution in [0.3, 0.4) is 0 Å². The highest BCUT2D eigenvalue weighted by Crippen LogP contribution is 2.33. The molecule has 0 radical (unpaired) electrons. The molecule has 1 aromatic carbocycles. The second-order valence-electron chi connectivity index (χ2n) is 5.56. The van der Waals surface area contributed by atoms with Gasteiger partial charge in [-0.25, -0.2) is 0 Å². The summed E-state index contributed by atoms with van der Waals surface area (Å²) in [5, 5.41) is 14.7. The van der Waals surface area contributed by atoms with Crippen molar-refractivity contribution in [1.82, 2.24) is 10.6 Å². The average molecular weight is 316 g/mol. The van der Waals surface area contributed by atoms with Gasteiger partial charge < -0.3 is 15.7 Å². The molecule has 0 aromatic heterocycles. The van der Waals surface area contributed by atoms with Gasteiger partial charge in [0.05, 0.1) is 0 Å². The largest absolute Gasteiger partial charge is 0.480 e. The van der Waals surface area contributed by atoms with Crippen LogP contribution in [0.5, 0.6) is 0 Å². The first-order valence-electron chi connectivity index (χ1n) is 7.47. The van der Waals surface area contributed by atoms with E-state index in [0.29, 0.717) is 18.4 Å². The van der Waals surface area contributed by atoms with Gasteiger partial charge in [-0.2, -0.15) is 0 Å². The molecule has 122 valence electrons. The fraction of sp³-hybridized carbons (Fsp3) is 0.353. The predicted octanol–water partition coefficient (Wildman–Crippen LogP) is 1.47. The summed E-state index contributed by atoms with van der Waals surface area (Å²) < 4.78 is 0. The number of amides is 2. The molecule has 1 aliphatic rings. The zero-order chi connectivity index (χ0) is 16.9. The number of carboxylic acid groups (broad SMARTS) is 1. The van der Waals surface area contributed by atoms with E-state index in [0.717, 1.165) is 5.56 Å². The summed E-state index contributed by atoms with van der Waals surface area (Å²) in [6.07, 6.45) is 4.70. The molecule has 1 aliphatic carbocycles. The fourth-order valence-corrected chi connectivity index (χ4v) is 2.65. The zero-order valence-electron chi connectivity index (χ0n) is 13.0. The summed E-state index contributed by atoms with van der Waals surface area (Å²) in [5.41, 5.74) is -0.160. The zero-order valence-corrected chi connectivity index (χ0v) is 13.0. The third-order valence-corrected chi connectivity index (χ3v) is 4.08. The Labute approximate surface area is 134 Å². The number of hydrogen-bond donors (Lipinski definition) is 3. The number of allylic oxidation sites excluding steroid dienone is 2. The van der Waals surface area contributed by atoms with Gasteiger partial charge >= 0.3 is 5.97 Å². The Kier molecular flexibility index (Phi) is 5.16. The van der Waals surface area contributed by atoms with Crippen LogP contribution in [0, 0.1) is 5.41 Å². The summed E-state index contributed by atoms with van der Waals surface area (Å²) in [7, 11) is 1.55. The smallest absolute Gasteiger partial charge is 0.319 e. The molecule has 3 N–H and O–H groups in total. The van der Waals surface area contributed by atoms with Crippen molar-refractivity contribution in [3.63, 3.8) is 0 Å². The maximum Gasteiger partial charge on any atom is 0.319 e. The summed E-state index contributed by atoms with van der Waals surface area (Å²) in [6.45, 7) is 0.183. The molecule has 1 atom stereocenters. The molecule has 2 amide bonds. The van der Waals surface area contributed by atoms with Crippen molar-refractivity contribution in [1.29, 1.82) is 0 Å². The Morgan fingerprint density at radius 1 is 1.26 bits per heavy atom. The topological polar surface area (TPSA) is 95.5 Å². The molecule has 0 aliphatic heterocycles. The lowest BCUT2D eigenvalue weighted by Gasteiger charge is -2.29. The highest BCUT2D eigenvalue weighted by molar-refractivity contribution is 6.02. The number of benzene rings is 1. The van der Waals surface area contributed by atoms with Gasteiger partial charge in [0.2, 0.25) is 5.91 Å². The summed E-state index contributed by atoms with van der Waals surface area (Å²) in [4.78, 5) is 35.6. The minimum Gasteiger partial charge on any atom is -0.480 e. The number of carboxylic acids is 1. The molecule has 0 spiro atoms. The molecule has 23 heavy (non-hydrogen) atoms. The van der Waals surface area contributed by atoms with E-state index >= 15 is 0 Å². The molecule has 6 heteroatoms. The molecular formula is C17H20N2O4. The van der Waals surface area contributed by atoms with Crippen LogP contribution in [0.1, 0.15) is 35.2 Å². The Bertz CT molecular complexity index is 654. The number of carbonyl (C=O) groups excluding carboxylic acids is 2. The van der Waals surface area contributed by atoms with Crippen molar-refractivity contribution in [2.45, 2.75) is 25.8 Å². The van der Waals surface area contributed by atoms with Crippen LogP contribution in [-0.2, 0) is 16.1 Å². The third kappa shape index (κ3) is 3.59. The number of aliphatic carboxylic acids is 1. The van der Waals surface area contributed by atoms with Crippen molar-refractivity contribution >= 4 is 17.8 Å². The van der Waals surface area contributed by atoms with Gasteiger partial charge in [0.25, 0.3) is 5.91 Å². The average Bonchev–Trinajstić information content (AvgIpc) is 2.59. The second-order valence-corrected chi connectivity index (χ2v) is 5.56. The number of rotatable bonds is 5. The lowest BCUT2D eigenvalue weighted by Crippen LogP contribution is -2.46. The first kappa shape index (κ1) is 16.7. The highest BCUT2D eigenvalue weighted by Gasteiger charge is 2.45. The molecule has 0 bridgehead atoms. The van der Waals surface area contributed by atoms with Crippen LogP contribution in [0.2, 0.25) is 0 Å². The Hall–Kier alpha value is -2.63. The molecule has 1 aromatic rings. The summed E-state index contributed by atoms with van der Waals surface area (Å²) in [6, 6.07) is 6.85. The maximum atomic E-state index is 12.4. The number of carbonyl (C=O) groups is 3. The van der Waals surface area contributed by atoms with E-state index in [2.05, 4.69) is 10.6 Å². The van der Waals surface area contributed by atoms with Crippen LogP contribution >= 0.6 is 0 Å². The van der Waals surface area contributed by atoms with Gasteiger partial charge in [-0.3, -0.25) is 14.4 Å². The van der Waals surface area contributed by atoms with Gasteiger partial charge in [-0.1, -0.05) is 24.3 Å². The first-order valence-corrected chi connectivity index (χ1v) is 7.47. The minimum atomic E-state index is -1.40. The van der Waals surface area contributed by atoms with E-state index in [9.17, 15) is 19.5 Å². The van der Waals surface area contributed by atoms with Crippen LogP contribution in [-0.4, -0.2) is 29.9 Å². The highest BCUT2D eigenvalue weighted by atomic mass is 16.4. The summed E-state index contributed by atoms with van der Waals surface area (Å²) in [5.74, 6) is -1.80. The molecular weight excluding hydrogens is 296 g/mol. The van der Waals surface area contributed by atoms with E-state index in [1.165, 1.54) is 0 Å². The van der Waals surface area contributed by atoms with E-state index in [-0.39, 0.29) is 18.9 Å². The fourth-order valence-electron chi connectivity index (χ4n) is 2.65. The second kappa shape index (κ2) is 7.09. The lowest BCUT2D eigenvalue weighted by molar-refractivity contribution is -0.156. The van der Waals surface area contributed by atoms with Gasteiger partial charge in [-0.15, -0.1) is 0 Å². The normalized spacial score (nSPS) is 19.9. The van der Waals surface area contributed by atoms with Crippen LogP contribution in [0.15, 0.2) is 36.4 Å². The molecule has 0 saturated heterocycles. The Morgan fingerprint density at radius 2 is 2.04 bits per heavy atom. The quantitative estimate of drug-likeness (QED) is 0.566. The monoisotopic (exact) mass is 316 g/mol. The molecule has 0 fully saturated rings. The molecule has 0 heterocycles. The standard InChI is InChI=1S/C17H20N2O4/c1-18-14(20)13-7-5-6-12(10-13)11-19-15(21)17(16(22)23)8-3-2-4-9-17/h2-3,5-7,10H,4,8-9,11H2,1H3,(H,18,20)(H,19,21)(H,22,23). The van der Waals surface area contributed by atoms with Crippen molar-refractivity contribution < 1.29 is 19.5 Å². The van der Waals surface area contributed by atoms with Crippen LogP contribution in [0.4, 0.5) is 0 Å². The molecule has 6 nitrogen and oxygen atoms in total. The molecule has 1 unspecified atom stereocenters. The van der Waals surface area contributed by atoms with Crippen molar-refractivity contribution in [3.8, 4) is 0 Å². The van der Waals surface area contributed by atoms with E-state index in [1.807, 2.05) is 6.08 Å². The van der Waals surface area contributed by atoms with Gasteiger partial charge in [-0.05, 0) is 37.0 Å². The number of nitrogens with one attached hydrogen (secondary N) is 2. The minimum absolute atomic E-state index is 0.183.